The number of piperazine rings is 1. The molecule has 136 valence electrons. The molecule has 0 aromatic rings. The Morgan fingerprint density at radius 1 is 0.783 bits per heavy atom. The summed E-state index contributed by atoms with van der Waals surface area (Å²) in [5.41, 5.74) is 5.43. The zero-order valence-electron chi connectivity index (χ0n) is 13.7. The monoisotopic (exact) mass is 368 g/mol. The molecule has 0 atom stereocenters. The molecule has 0 radical (unpaired) electrons. The Bertz CT molecular complexity index is 357. The van der Waals surface area contributed by atoms with Gasteiger partial charge in [0.2, 0.25) is 11.8 Å². The van der Waals surface area contributed by atoms with E-state index >= 15 is 0 Å². The minimum Gasteiger partial charge on any atom is -0.342 e. The van der Waals surface area contributed by atoms with E-state index in [2.05, 4.69) is 4.90 Å². The second-order valence-corrected chi connectivity index (χ2v) is 5.99. The van der Waals surface area contributed by atoms with E-state index in [1.54, 1.807) is 0 Å². The second kappa shape index (κ2) is 11.9. The first-order valence-electron chi connectivity index (χ1n) is 8.18. The van der Waals surface area contributed by atoms with Crippen molar-refractivity contribution in [3.05, 3.63) is 0 Å². The number of piperidine rings is 1. The molecule has 6 nitrogen and oxygen atoms in total. The predicted molar refractivity (Wildman–Crippen MR) is 96.2 cm³/mol. The maximum atomic E-state index is 12.2. The number of likely N-dealkylation sites (tertiary alicyclic amines) is 1. The van der Waals surface area contributed by atoms with Crippen LogP contribution in [0, 0.1) is 0 Å². The molecule has 2 fully saturated rings. The van der Waals surface area contributed by atoms with E-state index in [0.717, 1.165) is 58.5 Å². The molecule has 0 spiro atoms. The molecular weight excluding hydrogens is 339 g/mol. The number of hydrogen-bond acceptors (Lipinski definition) is 4. The van der Waals surface area contributed by atoms with Gasteiger partial charge in [-0.15, -0.1) is 24.8 Å². The van der Waals surface area contributed by atoms with Gasteiger partial charge in [-0.25, -0.2) is 0 Å². The summed E-state index contributed by atoms with van der Waals surface area (Å²) in [6.45, 7) is 5.96. The van der Waals surface area contributed by atoms with Crippen molar-refractivity contribution in [2.45, 2.75) is 32.1 Å². The lowest BCUT2D eigenvalue weighted by Gasteiger charge is -2.36. The molecule has 2 saturated heterocycles. The largest absolute Gasteiger partial charge is 0.342 e. The molecule has 8 heteroatoms. The minimum absolute atomic E-state index is 0. The summed E-state index contributed by atoms with van der Waals surface area (Å²) < 4.78 is 0. The Hall–Kier alpha value is -0.560. The van der Waals surface area contributed by atoms with Gasteiger partial charge in [0.1, 0.15) is 0 Å². The molecule has 0 aromatic carbocycles. The minimum atomic E-state index is 0. The fraction of sp³-hybridized carbons (Fsp3) is 0.867. The van der Waals surface area contributed by atoms with E-state index in [9.17, 15) is 9.59 Å². The first kappa shape index (κ1) is 22.4. The summed E-state index contributed by atoms with van der Waals surface area (Å²) in [7, 11) is 0. The average molecular weight is 369 g/mol. The van der Waals surface area contributed by atoms with Gasteiger partial charge < -0.3 is 15.5 Å². The normalized spacial score (nSPS) is 18.8. The molecule has 0 unspecified atom stereocenters. The van der Waals surface area contributed by atoms with Gasteiger partial charge in [0.25, 0.3) is 0 Å². The van der Waals surface area contributed by atoms with Gasteiger partial charge in [0, 0.05) is 45.7 Å². The van der Waals surface area contributed by atoms with Crippen LogP contribution in [0.5, 0.6) is 0 Å². The lowest BCUT2D eigenvalue weighted by molar-refractivity contribution is -0.135. The molecular formula is C15H30Cl2N4O2. The van der Waals surface area contributed by atoms with Crippen molar-refractivity contribution in [1.82, 2.24) is 14.7 Å². The molecule has 0 bridgehead atoms. The molecule has 2 aliphatic rings. The lowest BCUT2D eigenvalue weighted by atomic mass is 10.1. The highest BCUT2D eigenvalue weighted by Crippen LogP contribution is 2.10. The SMILES string of the molecule is Cl.Cl.NCCCC(=O)N1CCN(CC(=O)N2CCCCC2)CC1. The lowest BCUT2D eigenvalue weighted by Crippen LogP contribution is -2.52. The van der Waals surface area contributed by atoms with Crippen LogP contribution >= 0.6 is 24.8 Å². The van der Waals surface area contributed by atoms with Crippen molar-refractivity contribution < 1.29 is 9.59 Å². The van der Waals surface area contributed by atoms with Crippen molar-refractivity contribution >= 4 is 36.6 Å². The summed E-state index contributed by atoms with van der Waals surface area (Å²) in [4.78, 5) is 30.2. The van der Waals surface area contributed by atoms with Crippen molar-refractivity contribution in [1.29, 1.82) is 0 Å². The number of amides is 2. The van der Waals surface area contributed by atoms with E-state index < -0.39 is 0 Å². The maximum Gasteiger partial charge on any atom is 0.236 e. The first-order chi connectivity index (χ1) is 10.2. The highest BCUT2D eigenvalue weighted by molar-refractivity contribution is 5.85. The Kier molecular flexibility index (Phi) is 11.6. The molecule has 2 rings (SSSR count). The summed E-state index contributed by atoms with van der Waals surface area (Å²) >= 11 is 0. The van der Waals surface area contributed by atoms with Crippen LogP contribution < -0.4 is 5.73 Å². The summed E-state index contributed by atoms with van der Waals surface area (Å²) in [5.74, 6) is 0.445. The summed E-state index contributed by atoms with van der Waals surface area (Å²) in [6.07, 6.45) is 4.81. The van der Waals surface area contributed by atoms with Crippen LogP contribution in [-0.2, 0) is 9.59 Å². The number of halogens is 2. The van der Waals surface area contributed by atoms with Crippen LogP contribution in [0.4, 0.5) is 0 Å². The molecule has 0 aromatic heterocycles. The van der Waals surface area contributed by atoms with Gasteiger partial charge in [-0.2, -0.15) is 0 Å². The van der Waals surface area contributed by atoms with Gasteiger partial charge in [-0.05, 0) is 32.2 Å². The molecule has 2 N–H and O–H groups in total. The molecule has 2 aliphatic heterocycles. The second-order valence-electron chi connectivity index (χ2n) is 5.99. The fourth-order valence-corrected chi connectivity index (χ4v) is 3.00. The van der Waals surface area contributed by atoms with Crippen LogP contribution in [0.1, 0.15) is 32.1 Å². The Morgan fingerprint density at radius 3 is 1.91 bits per heavy atom. The Morgan fingerprint density at radius 2 is 1.35 bits per heavy atom. The number of nitrogens with zero attached hydrogens (tertiary/aromatic N) is 3. The zero-order chi connectivity index (χ0) is 15.1. The molecule has 0 aliphatic carbocycles. The molecule has 2 heterocycles. The highest BCUT2D eigenvalue weighted by atomic mass is 35.5. The highest BCUT2D eigenvalue weighted by Gasteiger charge is 2.24. The third kappa shape index (κ3) is 7.25. The van der Waals surface area contributed by atoms with Crippen LogP contribution in [0.2, 0.25) is 0 Å². The topological polar surface area (TPSA) is 69.9 Å². The smallest absolute Gasteiger partial charge is 0.236 e. The van der Waals surface area contributed by atoms with Crippen molar-refractivity contribution in [2.24, 2.45) is 5.73 Å². The van der Waals surface area contributed by atoms with E-state index in [1.165, 1.54) is 6.42 Å². The van der Waals surface area contributed by atoms with Gasteiger partial charge in [0.15, 0.2) is 0 Å². The Labute approximate surface area is 151 Å². The van der Waals surface area contributed by atoms with Crippen LogP contribution in [0.15, 0.2) is 0 Å². The van der Waals surface area contributed by atoms with Crippen LogP contribution in [0.3, 0.4) is 0 Å². The standard InChI is InChI=1S/C15H28N4O2.2ClH/c16-6-4-5-14(20)19-11-9-17(10-12-19)13-15(21)18-7-2-1-3-8-18;;/h1-13,16H2;2*1H. The van der Waals surface area contributed by atoms with Gasteiger partial charge in [0.05, 0.1) is 6.54 Å². The van der Waals surface area contributed by atoms with Crippen molar-refractivity contribution in [2.75, 3.05) is 52.4 Å². The average Bonchev–Trinajstić information content (AvgIpc) is 2.54. The van der Waals surface area contributed by atoms with E-state index in [-0.39, 0.29) is 36.6 Å². The van der Waals surface area contributed by atoms with E-state index in [0.29, 0.717) is 19.5 Å². The third-order valence-corrected chi connectivity index (χ3v) is 4.39. The molecule has 0 saturated carbocycles. The summed E-state index contributed by atoms with van der Waals surface area (Å²) in [6, 6.07) is 0. The quantitative estimate of drug-likeness (QED) is 0.776. The van der Waals surface area contributed by atoms with Crippen LogP contribution in [0.25, 0.3) is 0 Å². The number of hydrogen-bond donors (Lipinski definition) is 1. The van der Waals surface area contributed by atoms with Crippen molar-refractivity contribution in [3.8, 4) is 0 Å². The van der Waals surface area contributed by atoms with E-state index in [4.69, 9.17) is 5.73 Å². The summed E-state index contributed by atoms with van der Waals surface area (Å²) in [5, 5.41) is 0. The molecule has 2 amide bonds. The zero-order valence-corrected chi connectivity index (χ0v) is 15.4. The fourth-order valence-electron chi connectivity index (χ4n) is 3.00. The van der Waals surface area contributed by atoms with E-state index in [1.807, 2.05) is 9.80 Å². The van der Waals surface area contributed by atoms with Crippen molar-refractivity contribution in [3.63, 3.8) is 0 Å². The Balaban J connectivity index is 0.00000242. The van der Waals surface area contributed by atoms with Gasteiger partial charge in [-0.3, -0.25) is 14.5 Å². The maximum absolute atomic E-state index is 12.2. The van der Waals surface area contributed by atoms with Gasteiger partial charge in [-0.1, -0.05) is 0 Å². The first-order valence-corrected chi connectivity index (χ1v) is 8.18. The number of nitrogens with two attached hydrogens (primary N) is 1. The van der Waals surface area contributed by atoms with Gasteiger partial charge >= 0.3 is 0 Å². The predicted octanol–water partition coefficient (Wildman–Crippen LogP) is 0.726. The third-order valence-electron chi connectivity index (χ3n) is 4.39. The number of rotatable bonds is 5. The number of carbonyl (C=O) groups is 2. The molecule has 23 heavy (non-hydrogen) atoms. The van der Waals surface area contributed by atoms with Crippen LogP contribution in [-0.4, -0.2) is 78.9 Å². The number of carbonyl (C=O) groups excluding carboxylic acids is 2.